The molecule has 0 fully saturated rings. The van der Waals surface area contributed by atoms with Crippen LogP contribution in [-0.4, -0.2) is 26.4 Å². The summed E-state index contributed by atoms with van der Waals surface area (Å²) in [5.41, 5.74) is 2.59. The average molecular weight is 319 g/mol. The molecule has 0 aliphatic carbocycles. The molecule has 1 aromatic heterocycles. The van der Waals surface area contributed by atoms with Gasteiger partial charge in [0.2, 0.25) is 0 Å². The fraction of sp³-hybridized carbons (Fsp3) is 0.0667. The molecule has 4 nitrogen and oxygen atoms in total. The van der Waals surface area contributed by atoms with E-state index >= 15 is 0 Å². The first-order chi connectivity index (χ1) is 10.1. The van der Waals surface area contributed by atoms with E-state index in [9.17, 15) is 4.79 Å². The van der Waals surface area contributed by atoms with Crippen molar-refractivity contribution in [3.8, 4) is 5.69 Å². The SMILES string of the molecule is O=C(O)CSc1nc2cc(Cl)ccc2n1-c1ccccc1. The highest BCUT2D eigenvalue weighted by atomic mass is 35.5. The lowest BCUT2D eigenvalue weighted by molar-refractivity contribution is -0.133. The second kappa shape index (κ2) is 5.79. The van der Waals surface area contributed by atoms with Gasteiger partial charge in [0, 0.05) is 10.7 Å². The van der Waals surface area contributed by atoms with Crippen LogP contribution in [0.4, 0.5) is 0 Å². The van der Waals surface area contributed by atoms with Crippen molar-refractivity contribution in [3.63, 3.8) is 0 Å². The van der Waals surface area contributed by atoms with Gasteiger partial charge in [0.15, 0.2) is 5.16 Å². The van der Waals surface area contributed by atoms with Gasteiger partial charge >= 0.3 is 5.97 Å². The van der Waals surface area contributed by atoms with Crippen molar-refractivity contribution in [3.05, 3.63) is 53.6 Å². The lowest BCUT2D eigenvalue weighted by atomic mass is 10.3. The molecule has 0 bridgehead atoms. The van der Waals surface area contributed by atoms with Crippen LogP contribution in [0.5, 0.6) is 0 Å². The van der Waals surface area contributed by atoms with Gasteiger partial charge in [-0.1, -0.05) is 41.6 Å². The first-order valence-electron chi connectivity index (χ1n) is 6.23. The van der Waals surface area contributed by atoms with E-state index in [1.54, 1.807) is 12.1 Å². The van der Waals surface area contributed by atoms with Gasteiger partial charge in [-0.25, -0.2) is 4.98 Å². The van der Waals surface area contributed by atoms with Crippen LogP contribution in [0.2, 0.25) is 5.02 Å². The first-order valence-corrected chi connectivity index (χ1v) is 7.59. The van der Waals surface area contributed by atoms with E-state index in [4.69, 9.17) is 16.7 Å². The zero-order valence-electron chi connectivity index (χ0n) is 10.9. The number of thioether (sulfide) groups is 1. The van der Waals surface area contributed by atoms with E-state index in [0.717, 1.165) is 16.7 Å². The summed E-state index contributed by atoms with van der Waals surface area (Å²) in [7, 11) is 0. The maximum atomic E-state index is 10.8. The van der Waals surface area contributed by atoms with Gasteiger partial charge in [-0.05, 0) is 30.3 Å². The fourth-order valence-electron chi connectivity index (χ4n) is 2.08. The quantitative estimate of drug-likeness (QED) is 0.742. The number of benzene rings is 2. The number of imidazole rings is 1. The molecular weight excluding hydrogens is 308 g/mol. The predicted molar refractivity (Wildman–Crippen MR) is 84.4 cm³/mol. The number of carbonyl (C=O) groups is 1. The molecule has 0 unspecified atom stereocenters. The van der Waals surface area contributed by atoms with Crippen molar-refractivity contribution in [2.45, 2.75) is 5.16 Å². The lowest BCUT2D eigenvalue weighted by Crippen LogP contribution is -2.01. The number of halogens is 1. The number of hydrogen-bond donors (Lipinski definition) is 1. The van der Waals surface area contributed by atoms with E-state index in [1.165, 1.54) is 11.8 Å². The summed E-state index contributed by atoms with van der Waals surface area (Å²) in [6, 6.07) is 15.2. The third-order valence-electron chi connectivity index (χ3n) is 2.92. The number of para-hydroxylation sites is 1. The molecular formula is C15H11ClN2O2S. The Morgan fingerprint density at radius 2 is 2.00 bits per heavy atom. The largest absolute Gasteiger partial charge is 0.481 e. The van der Waals surface area contributed by atoms with Gasteiger partial charge in [-0.3, -0.25) is 9.36 Å². The summed E-state index contributed by atoms with van der Waals surface area (Å²) in [6.45, 7) is 0. The molecule has 2 aromatic carbocycles. The molecule has 0 aliphatic rings. The highest BCUT2D eigenvalue weighted by Crippen LogP contribution is 2.29. The third kappa shape index (κ3) is 2.89. The average Bonchev–Trinajstić information content (AvgIpc) is 2.83. The normalized spacial score (nSPS) is 10.9. The van der Waals surface area contributed by atoms with Gasteiger partial charge < -0.3 is 5.11 Å². The third-order valence-corrected chi connectivity index (χ3v) is 4.08. The van der Waals surface area contributed by atoms with Crippen LogP contribution in [0, 0.1) is 0 Å². The molecule has 1 N–H and O–H groups in total. The minimum Gasteiger partial charge on any atom is -0.481 e. The monoisotopic (exact) mass is 318 g/mol. The summed E-state index contributed by atoms with van der Waals surface area (Å²) in [5.74, 6) is -0.908. The highest BCUT2D eigenvalue weighted by Gasteiger charge is 2.14. The molecule has 0 saturated heterocycles. The smallest absolute Gasteiger partial charge is 0.313 e. The molecule has 0 spiro atoms. The number of rotatable bonds is 4. The number of aromatic nitrogens is 2. The number of fused-ring (bicyclic) bond motifs is 1. The van der Waals surface area contributed by atoms with E-state index in [1.807, 2.05) is 41.0 Å². The fourth-order valence-corrected chi connectivity index (χ4v) is 3.00. The van der Waals surface area contributed by atoms with Gasteiger partial charge in [0.05, 0.1) is 16.8 Å². The minimum absolute atomic E-state index is 0.0378. The Morgan fingerprint density at radius 1 is 1.24 bits per heavy atom. The molecule has 0 radical (unpaired) electrons. The topological polar surface area (TPSA) is 55.1 Å². The first kappa shape index (κ1) is 14.0. The van der Waals surface area contributed by atoms with Crippen LogP contribution in [0.3, 0.4) is 0 Å². The van der Waals surface area contributed by atoms with Gasteiger partial charge in [0.1, 0.15) is 0 Å². The zero-order chi connectivity index (χ0) is 14.8. The summed E-state index contributed by atoms with van der Waals surface area (Å²) in [5, 5.41) is 10.1. The van der Waals surface area contributed by atoms with E-state index in [2.05, 4.69) is 4.98 Å². The van der Waals surface area contributed by atoms with Gasteiger partial charge in [0.25, 0.3) is 0 Å². The van der Waals surface area contributed by atoms with Gasteiger partial charge in [-0.2, -0.15) is 0 Å². The van der Waals surface area contributed by atoms with Crippen molar-refractivity contribution >= 4 is 40.4 Å². The van der Waals surface area contributed by atoms with Crippen molar-refractivity contribution in [2.75, 3.05) is 5.75 Å². The Balaban J connectivity index is 2.18. The van der Waals surface area contributed by atoms with Crippen LogP contribution in [0.25, 0.3) is 16.7 Å². The molecule has 0 aliphatic heterocycles. The molecule has 1 heterocycles. The summed E-state index contributed by atoms with van der Waals surface area (Å²) in [4.78, 5) is 15.3. The summed E-state index contributed by atoms with van der Waals surface area (Å²) < 4.78 is 1.94. The molecule has 0 amide bonds. The molecule has 0 saturated carbocycles. The Labute approximate surface area is 130 Å². The van der Waals surface area contributed by atoms with Crippen LogP contribution in [0.1, 0.15) is 0 Å². The summed E-state index contributed by atoms with van der Waals surface area (Å²) >= 11 is 7.19. The number of carboxylic acid groups (broad SMARTS) is 1. The van der Waals surface area contributed by atoms with Crippen molar-refractivity contribution in [1.29, 1.82) is 0 Å². The molecule has 0 atom stereocenters. The zero-order valence-corrected chi connectivity index (χ0v) is 12.4. The summed E-state index contributed by atoms with van der Waals surface area (Å²) in [6.07, 6.45) is 0. The highest BCUT2D eigenvalue weighted by molar-refractivity contribution is 7.99. The number of hydrogen-bond acceptors (Lipinski definition) is 3. The maximum Gasteiger partial charge on any atom is 0.313 e. The molecule has 6 heteroatoms. The number of aliphatic carboxylic acids is 1. The lowest BCUT2D eigenvalue weighted by Gasteiger charge is -2.08. The van der Waals surface area contributed by atoms with Crippen LogP contribution < -0.4 is 0 Å². The number of carboxylic acids is 1. The Morgan fingerprint density at radius 3 is 2.71 bits per heavy atom. The van der Waals surface area contributed by atoms with Crippen molar-refractivity contribution < 1.29 is 9.90 Å². The van der Waals surface area contributed by atoms with Gasteiger partial charge in [-0.15, -0.1) is 0 Å². The standard InChI is InChI=1S/C15H11ClN2O2S/c16-10-6-7-13-12(8-10)17-15(21-9-14(19)20)18(13)11-4-2-1-3-5-11/h1-8H,9H2,(H,19,20). The molecule has 3 aromatic rings. The van der Waals surface area contributed by atoms with Crippen molar-refractivity contribution in [2.24, 2.45) is 0 Å². The minimum atomic E-state index is -0.871. The van der Waals surface area contributed by atoms with E-state index in [-0.39, 0.29) is 5.75 Å². The Bertz CT molecular complexity index is 802. The molecule has 106 valence electrons. The van der Waals surface area contributed by atoms with Crippen LogP contribution in [-0.2, 0) is 4.79 Å². The van der Waals surface area contributed by atoms with Crippen LogP contribution >= 0.6 is 23.4 Å². The van der Waals surface area contributed by atoms with Crippen LogP contribution in [0.15, 0.2) is 53.7 Å². The maximum absolute atomic E-state index is 10.8. The Kier molecular flexibility index (Phi) is 3.86. The van der Waals surface area contributed by atoms with Crippen molar-refractivity contribution in [1.82, 2.24) is 9.55 Å². The second-order valence-electron chi connectivity index (χ2n) is 4.38. The predicted octanol–water partition coefficient (Wildman–Crippen LogP) is 3.86. The Hall–Kier alpha value is -1.98. The van der Waals surface area contributed by atoms with E-state index in [0.29, 0.717) is 10.2 Å². The number of nitrogens with zero attached hydrogens (tertiary/aromatic N) is 2. The second-order valence-corrected chi connectivity index (χ2v) is 5.76. The molecule has 3 rings (SSSR count). The molecule has 21 heavy (non-hydrogen) atoms. The van der Waals surface area contributed by atoms with E-state index < -0.39 is 5.97 Å².